The monoisotopic (exact) mass is 209 g/mol. The summed E-state index contributed by atoms with van der Waals surface area (Å²) in [5.41, 5.74) is 2.91. The fourth-order valence-electron chi connectivity index (χ4n) is 2.24. The summed E-state index contributed by atoms with van der Waals surface area (Å²) in [7, 11) is 0. The largest absolute Gasteiger partial charge is 0.336 e. The number of aldehydes is 1. The van der Waals surface area contributed by atoms with Crippen LogP contribution < -0.4 is 0 Å². The molecule has 2 aromatic rings. The van der Waals surface area contributed by atoms with Gasteiger partial charge in [0, 0.05) is 23.0 Å². The molecule has 0 N–H and O–H groups in total. The van der Waals surface area contributed by atoms with Crippen LogP contribution in [0.1, 0.15) is 16.1 Å². The normalized spacial score (nSPS) is 13.8. The third-order valence-corrected chi connectivity index (χ3v) is 2.96. The topological polar surface area (TPSA) is 22.0 Å². The first-order chi connectivity index (χ1) is 7.92. The summed E-state index contributed by atoms with van der Waals surface area (Å²) in [5, 5.41) is 1.03. The van der Waals surface area contributed by atoms with Crippen LogP contribution in [0.5, 0.6) is 0 Å². The molecule has 1 aliphatic rings. The zero-order chi connectivity index (χ0) is 11.0. The molecule has 0 spiro atoms. The van der Waals surface area contributed by atoms with Crippen molar-refractivity contribution in [2.75, 3.05) is 0 Å². The fourth-order valence-corrected chi connectivity index (χ4v) is 2.24. The minimum absolute atomic E-state index is 0.788. The zero-order valence-electron chi connectivity index (χ0n) is 8.76. The maximum absolute atomic E-state index is 11.2. The first kappa shape index (κ1) is 9.16. The van der Waals surface area contributed by atoms with Gasteiger partial charge in [-0.15, -0.1) is 0 Å². The Bertz CT molecular complexity index is 617. The van der Waals surface area contributed by atoms with Crippen molar-refractivity contribution in [1.29, 1.82) is 0 Å². The van der Waals surface area contributed by atoms with Crippen LogP contribution in [0.2, 0.25) is 0 Å². The van der Waals surface area contributed by atoms with Gasteiger partial charge in [0.1, 0.15) is 0 Å². The first-order valence-electron chi connectivity index (χ1n) is 5.31. The number of hydrogen-bond acceptors (Lipinski definition) is 1. The molecule has 0 radical (unpaired) electrons. The van der Waals surface area contributed by atoms with Gasteiger partial charge >= 0.3 is 0 Å². The molecule has 2 nitrogen and oxygen atoms in total. The summed E-state index contributed by atoms with van der Waals surface area (Å²) in [6.45, 7) is 0.816. The quantitative estimate of drug-likeness (QED) is 0.662. The van der Waals surface area contributed by atoms with Crippen molar-refractivity contribution in [1.82, 2.24) is 4.57 Å². The number of allylic oxidation sites excluding steroid dienone is 3. The highest BCUT2D eigenvalue weighted by atomic mass is 16.1. The van der Waals surface area contributed by atoms with E-state index in [0.29, 0.717) is 0 Å². The van der Waals surface area contributed by atoms with Crippen molar-refractivity contribution in [3.05, 3.63) is 53.8 Å². The van der Waals surface area contributed by atoms with Gasteiger partial charge in [-0.2, -0.15) is 0 Å². The Labute approximate surface area is 93.5 Å². The molecule has 16 heavy (non-hydrogen) atoms. The Morgan fingerprint density at radius 2 is 2.06 bits per heavy atom. The highest BCUT2D eigenvalue weighted by Gasteiger charge is 2.13. The second-order valence-electron chi connectivity index (χ2n) is 3.83. The number of benzene rings is 1. The predicted molar refractivity (Wildman–Crippen MR) is 65.5 cm³/mol. The van der Waals surface area contributed by atoms with Crippen molar-refractivity contribution in [2.45, 2.75) is 6.54 Å². The van der Waals surface area contributed by atoms with Crippen molar-refractivity contribution < 1.29 is 4.79 Å². The molecule has 1 aromatic heterocycles. The second-order valence-corrected chi connectivity index (χ2v) is 3.83. The predicted octanol–water partition coefficient (Wildman–Crippen LogP) is 3.04. The molecule has 2 heteroatoms. The van der Waals surface area contributed by atoms with Crippen LogP contribution in [-0.4, -0.2) is 10.9 Å². The molecular weight excluding hydrogens is 198 g/mol. The van der Waals surface area contributed by atoms with Crippen LogP contribution in [0.25, 0.3) is 17.0 Å². The van der Waals surface area contributed by atoms with Crippen molar-refractivity contribution in [3.8, 4) is 0 Å². The number of para-hydroxylation sites is 1. The van der Waals surface area contributed by atoms with E-state index >= 15 is 0 Å². The number of aromatic nitrogens is 1. The molecule has 0 atom stereocenters. The Kier molecular flexibility index (Phi) is 2.00. The summed E-state index contributed by atoms with van der Waals surface area (Å²) in [6.07, 6.45) is 9.02. The number of fused-ring (bicyclic) bond motifs is 3. The van der Waals surface area contributed by atoms with E-state index in [9.17, 15) is 4.79 Å². The molecule has 2 heterocycles. The van der Waals surface area contributed by atoms with E-state index < -0.39 is 0 Å². The zero-order valence-corrected chi connectivity index (χ0v) is 8.76. The maximum atomic E-state index is 11.2. The lowest BCUT2D eigenvalue weighted by atomic mass is 10.1. The maximum Gasteiger partial charge on any atom is 0.152 e. The van der Waals surface area contributed by atoms with Gasteiger partial charge in [-0.3, -0.25) is 4.79 Å². The molecule has 1 aliphatic heterocycles. The Morgan fingerprint density at radius 1 is 1.19 bits per heavy atom. The molecule has 0 unspecified atom stereocenters. The van der Waals surface area contributed by atoms with E-state index in [0.717, 1.165) is 35.0 Å². The van der Waals surface area contributed by atoms with Crippen molar-refractivity contribution in [3.63, 3.8) is 0 Å². The lowest BCUT2D eigenvalue weighted by Crippen LogP contribution is -1.97. The minimum atomic E-state index is 0.788. The number of hydrogen-bond donors (Lipinski definition) is 0. The minimum Gasteiger partial charge on any atom is -0.336 e. The summed E-state index contributed by atoms with van der Waals surface area (Å²) in [4.78, 5) is 11.2. The van der Waals surface area contributed by atoms with Gasteiger partial charge in [0.15, 0.2) is 6.29 Å². The number of rotatable bonds is 1. The average molecular weight is 209 g/mol. The van der Waals surface area contributed by atoms with Gasteiger partial charge in [0.2, 0.25) is 0 Å². The van der Waals surface area contributed by atoms with Gasteiger partial charge in [0.25, 0.3) is 0 Å². The Morgan fingerprint density at radius 3 is 2.94 bits per heavy atom. The van der Waals surface area contributed by atoms with E-state index in [1.165, 1.54) is 0 Å². The lowest BCUT2D eigenvalue weighted by molar-refractivity contribution is 0.112. The molecule has 3 rings (SSSR count). The molecule has 0 saturated carbocycles. The third-order valence-electron chi connectivity index (χ3n) is 2.96. The van der Waals surface area contributed by atoms with Crippen molar-refractivity contribution >= 4 is 23.3 Å². The molecule has 0 fully saturated rings. The van der Waals surface area contributed by atoms with Gasteiger partial charge < -0.3 is 4.57 Å². The molecule has 0 amide bonds. The van der Waals surface area contributed by atoms with Crippen molar-refractivity contribution in [2.24, 2.45) is 0 Å². The van der Waals surface area contributed by atoms with Crippen LogP contribution in [0.3, 0.4) is 0 Å². The molecule has 1 aromatic carbocycles. The molecule has 0 bridgehead atoms. The summed E-state index contributed by atoms with van der Waals surface area (Å²) in [5.74, 6) is 0. The standard InChI is InChI=1S/C14H11NO/c16-10-12-11-6-3-4-8-13(11)15-9-5-1-2-7-14(12)15/h1-8,10H,9H2. The van der Waals surface area contributed by atoms with E-state index in [2.05, 4.69) is 16.7 Å². The van der Waals surface area contributed by atoms with Crippen LogP contribution in [0.15, 0.2) is 42.5 Å². The average Bonchev–Trinajstić information content (AvgIpc) is 2.49. The number of nitrogens with zero attached hydrogens (tertiary/aromatic N) is 1. The summed E-state index contributed by atoms with van der Waals surface area (Å²) < 4.78 is 2.17. The van der Waals surface area contributed by atoms with Crippen LogP contribution in [-0.2, 0) is 6.54 Å². The Balaban J connectivity index is 2.45. The van der Waals surface area contributed by atoms with Gasteiger partial charge in [-0.1, -0.05) is 36.4 Å². The van der Waals surface area contributed by atoms with E-state index in [1.54, 1.807) is 0 Å². The lowest BCUT2D eigenvalue weighted by Gasteiger charge is -2.03. The molecule has 0 aliphatic carbocycles. The van der Waals surface area contributed by atoms with Gasteiger partial charge in [-0.05, 0) is 12.1 Å². The van der Waals surface area contributed by atoms with Gasteiger partial charge in [-0.25, -0.2) is 0 Å². The fraction of sp³-hybridized carbons (Fsp3) is 0.0714. The SMILES string of the molecule is O=Cc1c2n(c3ccccc13)CC=CC=C2. The highest BCUT2D eigenvalue weighted by molar-refractivity contribution is 6.01. The molecular formula is C14H11NO. The number of carbonyl (C=O) groups excluding carboxylic acids is 1. The van der Waals surface area contributed by atoms with Crippen LogP contribution in [0, 0.1) is 0 Å². The number of carbonyl (C=O) groups is 1. The van der Waals surface area contributed by atoms with E-state index in [4.69, 9.17) is 0 Å². The summed E-state index contributed by atoms with van der Waals surface area (Å²) in [6, 6.07) is 8.02. The molecule has 78 valence electrons. The van der Waals surface area contributed by atoms with Gasteiger partial charge in [0.05, 0.1) is 5.69 Å². The second kappa shape index (κ2) is 3.49. The highest BCUT2D eigenvalue weighted by Crippen LogP contribution is 2.26. The molecule has 0 saturated heterocycles. The third kappa shape index (κ3) is 1.16. The smallest absolute Gasteiger partial charge is 0.152 e. The van der Waals surface area contributed by atoms with Crippen LogP contribution >= 0.6 is 0 Å². The Hall–Kier alpha value is -2.09. The van der Waals surface area contributed by atoms with E-state index in [-0.39, 0.29) is 0 Å². The van der Waals surface area contributed by atoms with Crippen LogP contribution in [0.4, 0.5) is 0 Å². The first-order valence-corrected chi connectivity index (χ1v) is 5.31. The van der Waals surface area contributed by atoms with E-state index in [1.807, 2.05) is 36.4 Å². The summed E-state index contributed by atoms with van der Waals surface area (Å²) >= 11 is 0.